The molecule has 0 saturated heterocycles. The Labute approximate surface area is 132 Å². The Morgan fingerprint density at radius 1 is 1.15 bits per heavy atom. The number of rotatable bonds is 3. The minimum Gasteiger partial charge on any atom is -0.292 e. The van der Waals surface area contributed by atoms with E-state index in [1.165, 1.54) is 18.2 Å². The minimum absolute atomic E-state index is 0.286. The fraction of sp³-hybridized carbons (Fsp3) is 0.0667. The lowest BCUT2D eigenvalue weighted by atomic mass is 9.92. The summed E-state index contributed by atoms with van der Waals surface area (Å²) < 4.78 is 14.1. The number of ketones is 1. The van der Waals surface area contributed by atoms with Gasteiger partial charge in [-0.05, 0) is 45.8 Å². The molecule has 0 saturated carbocycles. The SMILES string of the molecule is N#CC(C(=O)c1ccc(F)cc1Br)c1ccccc1Br. The number of carbonyl (C=O) groups is 1. The van der Waals surface area contributed by atoms with Crippen molar-refractivity contribution >= 4 is 37.6 Å². The zero-order valence-corrected chi connectivity index (χ0v) is 13.3. The van der Waals surface area contributed by atoms with Crippen LogP contribution < -0.4 is 0 Å². The first-order valence-corrected chi connectivity index (χ1v) is 7.26. The Balaban J connectivity index is 2.45. The van der Waals surface area contributed by atoms with Crippen LogP contribution in [0.3, 0.4) is 0 Å². The Morgan fingerprint density at radius 2 is 1.85 bits per heavy atom. The van der Waals surface area contributed by atoms with Crippen LogP contribution in [0.1, 0.15) is 21.8 Å². The second kappa shape index (κ2) is 6.29. The average molecular weight is 397 g/mol. The van der Waals surface area contributed by atoms with Gasteiger partial charge in [0.25, 0.3) is 0 Å². The lowest BCUT2D eigenvalue weighted by molar-refractivity contribution is 0.0978. The van der Waals surface area contributed by atoms with E-state index in [0.717, 1.165) is 0 Å². The van der Waals surface area contributed by atoms with Gasteiger partial charge in [-0.25, -0.2) is 4.39 Å². The highest BCUT2D eigenvalue weighted by Gasteiger charge is 2.25. The average Bonchev–Trinajstić information content (AvgIpc) is 2.41. The number of halogens is 3. The fourth-order valence-electron chi connectivity index (χ4n) is 1.82. The number of nitrogens with zero attached hydrogens (tertiary/aromatic N) is 1. The molecule has 2 rings (SSSR count). The van der Waals surface area contributed by atoms with E-state index in [9.17, 15) is 14.4 Å². The van der Waals surface area contributed by atoms with E-state index in [4.69, 9.17) is 0 Å². The van der Waals surface area contributed by atoms with E-state index < -0.39 is 11.7 Å². The van der Waals surface area contributed by atoms with Crippen LogP contribution >= 0.6 is 31.9 Å². The zero-order valence-electron chi connectivity index (χ0n) is 10.1. The smallest absolute Gasteiger partial charge is 0.185 e. The first-order chi connectivity index (χ1) is 9.54. The summed E-state index contributed by atoms with van der Waals surface area (Å²) in [5.41, 5.74) is 0.880. The third kappa shape index (κ3) is 2.97. The van der Waals surface area contributed by atoms with Crippen LogP contribution in [-0.4, -0.2) is 5.78 Å². The summed E-state index contributed by atoms with van der Waals surface area (Å²) in [5, 5.41) is 9.30. The molecule has 0 heterocycles. The maximum absolute atomic E-state index is 13.1. The van der Waals surface area contributed by atoms with Gasteiger partial charge in [-0.1, -0.05) is 34.1 Å². The zero-order chi connectivity index (χ0) is 14.7. The largest absolute Gasteiger partial charge is 0.292 e. The Morgan fingerprint density at radius 3 is 2.45 bits per heavy atom. The number of carbonyl (C=O) groups excluding carboxylic acids is 1. The lowest BCUT2D eigenvalue weighted by Gasteiger charge is -2.11. The lowest BCUT2D eigenvalue weighted by Crippen LogP contribution is -2.12. The molecule has 20 heavy (non-hydrogen) atoms. The van der Waals surface area contributed by atoms with Crippen LogP contribution in [0.5, 0.6) is 0 Å². The number of nitriles is 1. The molecule has 1 unspecified atom stereocenters. The van der Waals surface area contributed by atoms with Gasteiger partial charge in [0, 0.05) is 14.5 Å². The van der Waals surface area contributed by atoms with E-state index in [-0.39, 0.29) is 11.3 Å². The third-order valence-electron chi connectivity index (χ3n) is 2.80. The first-order valence-electron chi connectivity index (χ1n) is 5.68. The molecule has 0 aliphatic rings. The Bertz CT molecular complexity index is 709. The summed E-state index contributed by atoms with van der Waals surface area (Å²) in [6.45, 7) is 0. The molecule has 1 atom stereocenters. The summed E-state index contributed by atoms with van der Waals surface area (Å²) in [7, 11) is 0. The van der Waals surface area contributed by atoms with Crippen molar-refractivity contribution in [1.29, 1.82) is 5.26 Å². The highest BCUT2D eigenvalue weighted by molar-refractivity contribution is 9.10. The van der Waals surface area contributed by atoms with Crippen LogP contribution in [0.15, 0.2) is 51.4 Å². The summed E-state index contributed by atoms with van der Waals surface area (Å²) in [6, 6.07) is 12.8. The summed E-state index contributed by atoms with van der Waals surface area (Å²) >= 11 is 6.49. The van der Waals surface area contributed by atoms with Gasteiger partial charge < -0.3 is 0 Å². The molecule has 0 amide bonds. The van der Waals surface area contributed by atoms with Gasteiger partial charge in [-0.15, -0.1) is 0 Å². The molecular formula is C15H8Br2FNO. The van der Waals surface area contributed by atoms with E-state index in [2.05, 4.69) is 31.9 Å². The van der Waals surface area contributed by atoms with Crippen molar-refractivity contribution in [1.82, 2.24) is 0 Å². The minimum atomic E-state index is -0.938. The van der Waals surface area contributed by atoms with Crippen molar-refractivity contribution in [3.05, 3.63) is 68.4 Å². The van der Waals surface area contributed by atoms with Crippen LogP contribution in [0.2, 0.25) is 0 Å². The van der Waals surface area contributed by atoms with Gasteiger partial charge in [-0.3, -0.25) is 4.79 Å². The molecule has 2 nitrogen and oxygen atoms in total. The number of Topliss-reactive ketones (excluding diaryl/α,β-unsaturated/α-hetero) is 1. The molecule has 0 fully saturated rings. The van der Waals surface area contributed by atoms with Gasteiger partial charge in [0.2, 0.25) is 0 Å². The van der Waals surface area contributed by atoms with Crippen molar-refractivity contribution in [2.24, 2.45) is 0 Å². The molecule has 5 heteroatoms. The van der Waals surface area contributed by atoms with Gasteiger partial charge in [-0.2, -0.15) is 5.26 Å². The maximum atomic E-state index is 13.1. The second-order valence-electron chi connectivity index (χ2n) is 4.07. The first kappa shape index (κ1) is 14.9. The molecular weight excluding hydrogens is 389 g/mol. The van der Waals surface area contributed by atoms with Gasteiger partial charge in [0.05, 0.1) is 6.07 Å². The van der Waals surface area contributed by atoms with Gasteiger partial charge in [0.1, 0.15) is 11.7 Å². The topological polar surface area (TPSA) is 40.9 Å². The third-order valence-corrected chi connectivity index (χ3v) is 4.18. The molecule has 2 aromatic rings. The monoisotopic (exact) mass is 395 g/mol. The Hall–Kier alpha value is -1.51. The van der Waals surface area contributed by atoms with Crippen molar-refractivity contribution in [2.45, 2.75) is 5.92 Å². The second-order valence-corrected chi connectivity index (χ2v) is 5.78. The predicted octanol–water partition coefficient (Wildman–Crippen LogP) is 4.84. The van der Waals surface area contributed by atoms with Crippen LogP contribution in [0.4, 0.5) is 4.39 Å². The summed E-state index contributed by atoms with van der Waals surface area (Å²) in [5.74, 6) is -1.75. The number of benzene rings is 2. The standard InChI is InChI=1S/C15H8Br2FNO/c16-13-4-2-1-3-10(13)12(8-19)15(20)11-6-5-9(18)7-14(11)17/h1-7,12H. The van der Waals surface area contributed by atoms with Crippen molar-refractivity contribution in [3.8, 4) is 6.07 Å². The van der Waals surface area contributed by atoms with Crippen molar-refractivity contribution < 1.29 is 9.18 Å². The van der Waals surface area contributed by atoms with E-state index in [1.807, 2.05) is 6.07 Å². The fourth-order valence-corrected chi connectivity index (χ4v) is 2.88. The molecule has 0 bridgehead atoms. The number of hydrogen-bond donors (Lipinski definition) is 0. The van der Waals surface area contributed by atoms with Crippen LogP contribution in [0.25, 0.3) is 0 Å². The molecule has 0 radical (unpaired) electrons. The molecule has 2 aromatic carbocycles. The molecule has 0 aliphatic carbocycles. The van der Waals surface area contributed by atoms with E-state index in [0.29, 0.717) is 14.5 Å². The van der Waals surface area contributed by atoms with Crippen LogP contribution in [-0.2, 0) is 0 Å². The van der Waals surface area contributed by atoms with E-state index in [1.54, 1.807) is 24.3 Å². The predicted molar refractivity (Wildman–Crippen MR) is 80.9 cm³/mol. The molecule has 0 N–H and O–H groups in total. The normalized spacial score (nSPS) is 11.7. The van der Waals surface area contributed by atoms with Crippen molar-refractivity contribution in [3.63, 3.8) is 0 Å². The number of hydrogen-bond acceptors (Lipinski definition) is 2. The molecule has 0 spiro atoms. The van der Waals surface area contributed by atoms with E-state index >= 15 is 0 Å². The van der Waals surface area contributed by atoms with Gasteiger partial charge in [0.15, 0.2) is 5.78 Å². The molecule has 100 valence electrons. The maximum Gasteiger partial charge on any atom is 0.185 e. The van der Waals surface area contributed by atoms with Crippen molar-refractivity contribution in [2.75, 3.05) is 0 Å². The molecule has 0 aromatic heterocycles. The molecule has 0 aliphatic heterocycles. The quantitative estimate of drug-likeness (QED) is 0.696. The highest BCUT2D eigenvalue weighted by Crippen LogP contribution is 2.30. The highest BCUT2D eigenvalue weighted by atomic mass is 79.9. The Kier molecular flexibility index (Phi) is 4.69. The summed E-state index contributed by atoms with van der Waals surface area (Å²) in [6.07, 6.45) is 0. The van der Waals surface area contributed by atoms with Gasteiger partial charge >= 0.3 is 0 Å². The summed E-state index contributed by atoms with van der Waals surface area (Å²) in [4.78, 5) is 12.5. The van der Waals surface area contributed by atoms with Crippen LogP contribution in [0, 0.1) is 17.1 Å².